The van der Waals surface area contributed by atoms with Gasteiger partial charge in [-0.05, 0) is 38.1 Å². The van der Waals surface area contributed by atoms with Gasteiger partial charge in [0.15, 0.2) is 4.34 Å². The van der Waals surface area contributed by atoms with Crippen LogP contribution in [0.25, 0.3) is 10.2 Å². The molecule has 0 aliphatic rings. The van der Waals surface area contributed by atoms with Crippen LogP contribution in [0.4, 0.5) is 5.69 Å². The molecule has 1 atom stereocenters. The number of amides is 1. The first-order chi connectivity index (χ1) is 10.6. The molecule has 112 valence electrons. The Labute approximate surface area is 137 Å². The Balaban J connectivity index is 1.66. The maximum Gasteiger partial charge on any atom is 0.237 e. The first-order valence-electron chi connectivity index (χ1n) is 7.01. The minimum Gasteiger partial charge on any atom is -0.325 e. The lowest BCUT2D eigenvalue weighted by Crippen LogP contribution is -2.22. The minimum atomic E-state index is -0.193. The molecule has 0 bridgehead atoms. The summed E-state index contributed by atoms with van der Waals surface area (Å²) in [6.45, 7) is 3.93. The molecule has 3 nitrogen and oxygen atoms in total. The predicted octanol–water partition coefficient (Wildman–Crippen LogP) is 4.72. The third-order valence-electron chi connectivity index (χ3n) is 3.24. The van der Waals surface area contributed by atoms with Gasteiger partial charge in [0.2, 0.25) is 5.91 Å². The Morgan fingerprint density at radius 2 is 1.91 bits per heavy atom. The van der Waals surface area contributed by atoms with Crippen molar-refractivity contribution >= 4 is 44.9 Å². The van der Waals surface area contributed by atoms with Crippen molar-refractivity contribution in [2.75, 3.05) is 5.32 Å². The number of hydrogen-bond acceptors (Lipinski definition) is 4. The highest BCUT2D eigenvalue weighted by atomic mass is 32.2. The van der Waals surface area contributed by atoms with Gasteiger partial charge < -0.3 is 5.32 Å². The second-order valence-electron chi connectivity index (χ2n) is 5.06. The Morgan fingerprint density at radius 1 is 1.18 bits per heavy atom. The molecule has 3 rings (SSSR count). The van der Waals surface area contributed by atoms with Crippen LogP contribution in [0.5, 0.6) is 0 Å². The highest BCUT2D eigenvalue weighted by Crippen LogP contribution is 2.32. The molecular formula is C17H16N2OS2. The molecule has 1 amide bonds. The SMILES string of the molecule is Cc1ccc(NC(=O)[C@H](C)Sc2nc3ccccc3s2)cc1. The fourth-order valence-electron chi connectivity index (χ4n) is 1.99. The molecule has 0 radical (unpaired) electrons. The van der Waals surface area contributed by atoms with Crippen LogP contribution in [0.15, 0.2) is 52.9 Å². The standard InChI is InChI=1S/C17H16N2OS2/c1-11-7-9-13(10-8-11)18-16(20)12(2)21-17-19-14-5-3-4-6-15(14)22-17/h3-10,12H,1-2H3,(H,18,20)/t12-/m0/s1. The largest absolute Gasteiger partial charge is 0.325 e. The molecule has 0 saturated carbocycles. The number of thioether (sulfide) groups is 1. The van der Waals surface area contributed by atoms with Gasteiger partial charge in [0.25, 0.3) is 0 Å². The molecule has 0 unspecified atom stereocenters. The van der Waals surface area contributed by atoms with Gasteiger partial charge in [-0.3, -0.25) is 4.79 Å². The quantitative estimate of drug-likeness (QED) is 0.704. The lowest BCUT2D eigenvalue weighted by Gasteiger charge is -2.10. The van der Waals surface area contributed by atoms with Gasteiger partial charge in [-0.1, -0.05) is 41.6 Å². The Hall–Kier alpha value is -1.85. The van der Waals surface area contributed by atoms with Gasteiger partial charge in [-0.15, -0.1) is 11.3 Å². The minimum absolute atomic E-state index is 0.00638. The van der Waals surface area contributed by atoms with E-state index in [9.17, 15) is 4.79 Å². The number of carbonyl (C=O) groups is 1. The zero-order chi connectivity index (χ0) is 15.5. The summed E-state index contributed by atoms with van der Waals surface area (Å²) in [4.78, 5) is 16.8. The number of nitrogens with zero attached hydrogens (tertiary/aromatic N) is 1. The van der Waals surface area contributed by atoms with Gasteiger partial charge in [-0.2, -0.15) is 0 Å². The number of carbonyl (C=O) groups excluding carboxylic acids is 1. The number of aryl methyl sites for hydroxylation is 1. The van der Waals surface area contributed by atoms with Crippen molar-refractivity contribution in [3.8, 4) is 0 Å². The normalized spacial score (nSPS) is 12.3. The number of fused-ring (bicyclic) bond motifs is 1. The van der Waals surface area contributed by atoms with Gasteiger partial charge in [0.1, 0.15) is 0 Å². The van der Waals surface area contributed by atoms with Gasteiger partial charge in [-0.25, -0.2) is 4.98 Å². The molecular weight excluding hydrogens is 312 g/mol. The number of rotatable bonds is 4. The second kappa shape index (κ2) is 6.50. The number of thiazole rings is 1. The molecule has 0 aliphatic heterocycles. The van der Waals surface area contributed by atoms with Crippen molar-refractivity contribution in [2.24, 2.45) is 0 Å². The summed E-state index contributed by atoms with van der Waals surface area (Å²) >= 11 is 3.12. The number of hydrogen-bond donors (Lipinski definition) is 1. The molecule has 0 spiro atoms. The van der Waals surface area contributed by atoms with Crippen molar-refractivity contribution in [3.63, 3.8) is 0 Å². The molecule has 22 heavy (non-hydrogen) atoms. The van der Waals surface area contributed by atoms with E-state index in [0.29, 0.717) is 0 Å². The second-order valence-corrected chi connectivity index (χ2v) is 7.68. The molecule has 1 heterocycles. The highest BCUT2D eigenvalue weighted by Gasteiger charge is 2.16. The van der Waals surface area contributed by atoms with Gasteiger partial charge >= 0.3 is 0 Å². The fraction of sp³-hybridized carbons (Fsp3) is 0.176. The topological polar surface area (TPSA) is 42.0 Å². The predicted molar refractivity (Wildman–Crippen MR) is 94.7 cm³/mol. The van der Waals surface area contributed by atoms with Crippen LogP contribution in [-0.4, -0.2) is 16.1 Å². The van der Waals surface area contributed by atoms with Crippen molar-refractivity contribution in [1.82, 2.24) is 4.98 Å². The molecule has 1 aromatic heterocycles. The molecule has 3 aromatic rings. The molecule has 2 aromatic carbocycles. The number of benzene rings is 2. The van der Waals surface area contributed by atoms with Crippen molar-refractivity contribution in [1.29, 1.82) is 0 Å². The molecule has 0 aliphatic carbocycles. The van der Waals surface area contributed by atoms with E-state index in [1.165, 1.54) is 17.3 Å². The number of anilines is 1. The van der Waals surface area contributed by atoms with Crippen LogP contribution in [0.1, 0.15) is 12.5 Å². The van der Waals surface area contributed by atoms with Crippen molar-refractivity contribution in [2.45, 2.75) is 23.4 Å². The highest BCUT2D eigenvalue weighted by molar-refractivity contribution is 8.02. The summed E-state index contributed by atoms with van der Waals surface area (Å²) in [7, 11) is 0. The maximum atomic E-state index is 12.3. The van der Waals surface area contributed by atoms with E-state index in [0.717, 1.165) is 20.2 Å². The lowest BCUT2D eigenvalue weighted by atomic mass is 10.2. The van der Waals surface area contributed by atoms with Crippen LogP contribution in [0.2, 0.25) is 0 Å². The van der Waals surface area contributed by atoms with E-state index in [2.05, 4.69) is 10.3 Å². The maximum absolute atomic E-state index is 12.3. The van der Waals surface area contributed by atoms with E-state index in [1.807, 2.05) is 62.4 Å². The molecule has 0 fully saturated rings. The summed E-state index contributed by atoms with van der Waals surface area (Å²) < 4.78 is 2.07. The average Bonchev–Trinajstić information content (AvgIpc) is 2.91. The fourth-order valence-corrected chi connectivity index (χ4v) is 4.20. The molecule has 5 heteroatoms. The monoisotopic (exact) mass is 328 g/mol. The number of aromatic nitrogens is 1. The van der Waals surface area contributed by atoms with Crippen LogP contribution in [0, 0.1) is 6.92 Å². The van der Waals surface area contributed by atoms with E-state index in [1.54, 1.807) is 11.3 Å². The Kier molecular flexibility index (Phi) is 4.45. The lowest BCUT2D eigenvalue weighted by molar-refractivity contribution is -0.115. The first kappa shape index (κ1) is 15.1. The van der Waals surface area contributed by atoms with Crippen LogP contribution in [-0.2, 0) is 4.79 Å². The number of nitrogens with one attached hydrogen (secondary N) is 1. The third kappa shape index (κ3) is 3.48. The van der Waals surface area contributed by atoms with E-state index in [-0.39, 0.29) is 11.2 Å². The summed E-state index contributed by atoms with van der Waals surface area (Å²) in [5.74, 6) is -0.00638. The Morgan fingerprint density at radius 3 is 2.64 bits per heavy atom. The smallest absolute Gasteiger partial charge is 0.237 e. The molecule has 1 N–H and O–H groups in total. The van der Waals surface area contributed by atoms with Gasteiger partial charge in [0.05, 0.1) is 15.5 Å². The number of para-hydroxylation sites is 1. The summed E-state index contributed by atoms with van der Waals surface area (Å²) in [6, 6.07) is 15.8. The summed E-state index contributed by atoms with van der Waals surface area (Å²) in [5.41, 5.74) is 2.99. The Bertz CT molecular complexity index is 763. The summed E-state index contributed by atoms with van der Waals surface area (Å²) in [6.07, 6.45) is 0. The van der Waals surface area contributed by atoms with Gasteiger partial charge in [0, 0.05) is 5.69 Å². The third-order valence-corrected chi connectivity index (χ3v) is 5.47. The van der Waals surface area contributed by atoms with Crippen LogP contribution < -0.4 is 5.32 Å². The average molecular weight is 328 g/mol. The molecule has 0 saturated heterocycles. The van der Waals surface area contributed by atoms with Crippen LogP contribution in [0.3, 0.4) is 0 Å². The zero-order valence-electron chi connectivity index (χ0n) is 12.4. The summed E-state index contributed by atoms with van der Waals surface area (Å²) in [5, 5.41) is 2.75. The van der Waals surface area contributed by atoms with E-state index < -0.39 is 0 Å². The van der Waals surface area contributed by atoms with Crippen molar-refractivity contribution < 1.29 is 4.79 Å². The van der Waals surface area contributed by atoms with Crippen molar-refractivity contribution in [3.05, 3.63) is 54.1 Å². The van der Waals surface area contributed by atoms with E-state index >= 15 is 0 Å². The first-order valence-corrected chi connectivity index (χ1v) is 8.71. The zero-order valence-corrected chi connectivity index (χ0v) is 14.0. The van der Waals surface area contributed by atoms with Crippen LogP contribution >= 0.6 is 23.1 Å². The van der Waals surface area contributed by atoms with E-state index in [4.69, 9.17) is 0 Å².